The van der Waals surface area contributed by atoms with Crippen LogP contribution in [0.3, 0.4) is 0 Å². The van der Waals surface area contributed by atoms with E-state index in [1.807, 2.05) is 51.1 Å². The molecule has 3 rings (SSSR count). The number of anilines is 1. The van der Waals surface area contributed by atoms with E-state index in [-0.39, 0.29) is 6.54 Å². The topological polar surface area (TPSA) is 120 Å². The number of rotatable bonds is 11. The zero-order chi connectivity index (χ0) is 27.7. The summed E-state index contributed by atoms with van der Waals surface area (Å²) in [5.74, 6) is 5.92. The Morgan fingerprint density at radius 2 is 1.66 bits per heavy atom. The van der Waals surface area contributed by atoms with Gasteiger partial charge in [0.2, 0.25) is 5.91 Å². The second kappa shape index (κ2) is 13.6. The number of aliphatic hydroxyl groups is 1. The third-order valence-corrected chi connectivity index (χ3v) is 6.88. The molecule has 0 unspecified atom stereocenters. The molecular weight excluding hydrogens is 482 g/mol. The van der Waals surface area contributed by atoms with Crippen LogP contribution >= 0.6 is 0 Å². The number of carbonyl (C=O) groups is 2. The number of hydrazine groups is 1. The highest BCUT2D eigenvalue weighted by Gasteiger charge is 2.35. The van der Waals surface area contributed by atoms with Gasteiger partial charge in [0.1, 0.15) is 6.04 Å². The maximum absolute atomic E-state index is 13.3. The number of alkyl carbamates (subject to hydrolysis) is 1. The van der Waals surface area contributed by atoms with Crippen molar-refractivity contribution in [1.29, 1.82) is 0 Å². The number of hydrogen-bond donors (Lipinski definition) is 4. The minimum Gasteiger partial charge on any atom is -0.453 e. The molecule has 0 bridgehead atoms. The van der Waals surface area contributed by atoms with Gasteiger partial charge in [-0.25, -0.2) is 9.80 Å². The van der Waals surface area contributed by atoms with Crippen molar-refractivity contribution in [1.82, 2.24) is 15.6 Å². The van der Waals surface area contributed by atoms with Gasteiger partial charge in [0.15, 0.2) is 0 Å². The number of methoxy groups -OCH3 is 1. The lowest BCUT2D eigenvalue weighted by Gasteiger charge is -2.33. The van der Waals surface area contributed by atoms with Crippen molar-refractivity contribution in [2.24, 2.45) is 11.3 Å². The first-order chi connectivity index (χ1) is 18.1. The number of amides is 2. The van der Waals surface area contributed by atoms with E-state index < -0.39 is 35.6 Å². The summed E-state index contributed by atoms with van der Waals surface area (Å²) in [7, 11) is 1.25. The number of nitrogens with zero attached hydrogens (tertiary/aromatic N) is 2. The quantitative estimate of drug-likeness (QED) is 0.263. The first-order valence-electron chi connectivity index (χ1n) is 13.3. The Balaban J connectivity index is 1.68. The van der Waals surface area contributed by atoms with Gasteiger partial charge >= 0.3 is 6.09 Å². The van der Waals surface area contributed by atoms with E-state index in [9.17, 15) is 14.7 Å². The largest absolute Gasteiger partial charge is 0.453 e. The van der Waals surface area contributed by atoms with Crippen LogP contribution in [0.5, 0.6) is 0 Å². The standard InChI is InChI=1S/C29H43N5O4/c1-29(2,3)26(32-28(37)38-4)27(36)31-24(18-21-10-6-5-7-11-21)25(35)20-34(30)19-22-12-14-23(15-13-22)33-16-8-9-17-33/h5-7,10-15,24-26,35H,8-9,16-20,30H2,1-4H3,(H,31,36)(H,32,37)/t24-,25-,26+/m0/s1. The molecule has 0 saturated carbocycles. The van der Waals surface area contributed by atoms with E-state index in [2.05, 4.69) is 39.8 Å². The molecule has 1 aliphatic heterocycles. The van der Waals surface area contributed by atoms with Gasteiger partial charge in [0.25, 0.3) is 0 Å². The number of carbonyl (C=O) groups excluding carboxylic acids is 2. The first kappa shape index (κ1) is 29.4. The summed E-state index contributed by atoms with van der Waals surface area (Å²) >= 11 is 0. The molecule has 38 heavy (non-hydrogen) atoms. The maximum Gasteiger partial charge on any atom is 0.407 e. The Bertz CT molecular complexity index is 1020. The molecule has 0 aromatic heterocycles. The molecule has 0 spiro atoms. The Labute approximate surface area is 226 Å². The molecular formula is C29H43N5O4. The predicted molar refractivity (Wildman–Crippen MR) is 149 cm³/mol. The fraction of sp³-hybridized carbons (Fsp3) is 0.517. The minimum absolute atomic E-state index is 0.149. The van der Waals surface area contributed by atoms with Gasteiger partial charge in [0.05, 0.1) is 19.3 Å². The number of aliphatic hydroxyl groups excluding tert-OH is 1. The molecule has 1 saturated heterocycles. The summed E-state index contributed by atoms with van der Waals surface area (Å²) < 4.78 is 4.71. The van der Waals surface area contributed by atoms with Gasteiger partial charge < -0.3 is 25.4 Å². The van der Waals surface area contributed by atoms with Gasteiger partial charge in [-0.1, -0.05) is 63.2 Å². The van der Waals surface area contributed by atoms with Crippen LogP contribution in [0.2, 0.25) is 0 Å². The van der Waals surface area contributed by atoms with Crippen molar-refractivity contribution < 1.29 is 19.4 Å². The van der Waals surface area contributed by atoms with Crippen molar-refractivity contribution in [3.63, 3.8) is 0 Å². The zero-order valence-corrected chi connectivity index (χ0v) is 23.0. The first-order valence-corrected chi connectivity index (χ1v) is 13.3. The van der Waals surface area contributed by atoms with Crippen molar-refractivity contribution >= 4 is 17.7 Å². The SMILES string of the molecule is COC(=O)N[C@H](C(=O)N[C@@H](Cc1ccccc1)[C@@H](O)CN(N)Cc1ccc(N2CCCC2)cc1)C(C)(C)C. The van der Waals surface area contributed by atoms with Crippen molar-refractivity contribution in [3.05, 3.63) is 65.7 Å². The summed E-state index contributed by atoms with van der Waals surface area (Å²) in [4.78, 5) is 27.6. The summed E-state index contributed by atoms with van der Waals surface area (Å²) in [5.41, 5.74) is 2.64. The Morgan fingerprint density at radius 1 is 1.03 bits per heavy atom. The smallest absolute Gasteiger partial charge is 0.407 e. The molecule has 1 fully saturated rings. The number of nitrogens with one attached hydrogen (secondary N) is 2. The van der Waals surface area contributed by atoms with E-state index in [1.165, 1.54) is 25.6 Å². The van der Waals surface area contributed by atoms with Gasteiger partial charge in [-0.05, 0) is 47.9 Å². The number of nitrogens with two attached hydrogens (primary N) is 1. The van der Waals surface area contributed by atoms with Crippen LogP contribution in [0.4, 0.5) is 10.5 Å². The highest BCUT2D eigenvalue weighted by molar-refractivity contribution is 5.86. The number of hydrogen-bond acceptors (Lipinski definition) is 7. The molecule has 1 heterocycles. The van der Waals surface area contributed by atoms with E-state index in [0.29, 0.717) is 13.0 Å². The number of ether oxygens (including phenoxy) is 1. The van der Waals surface area contributed by atoms with Crippen molar-refractivity contribution in [3.8, 4) is 0 Å². The van der Waals surface area contributed by atoms with Crippen LogP contribution in [0.15, 0.2) is 54.6 Å². The lowest BCUT2D eigenvalue weighted by molar-refractivity contribution is -0.127. The summed E-state index contributed by atoms with van der Waals surface area (Å²) in [6, 6.07) is 16.5. The predicted octanol–water partition coefficient (Wildman–Crippen LogP) is 2.82. The molecule has 2 aromatic rings. The second-order valence-corrected chi connectivity index (χ2v) is 11.1. The third-order valence-electron chi connectivity index (χ3n) is 6.88. The second-order valence-electron chi connectivity index (χ2n) is 11.1. The Kier molecular flexibility index (Phi) is 10.5. The fourth-order valence-electron chi connectivity index (χ4n) is 4.72. The minimum atomic E-state index is -0.952. The molecule has 2 aromatic carbocycles. The fourth-order valence-corrected chi connectivity index (χ4v) is 4.72. The van der Waals surface area contributed by atoms with E-state index in [4.69, 9.17) is 10.6 Å². The number of benzene rings is 2. The molecule has 0 aliphatic carbocycles. The van der Waals surface area contributed by atoms with Gasteiger partial charge in [-0.2, -0.15) is 0 Å². The molecule has 0 radical (unpaired) electrons. The zero-order valence-electron chi connectivity index (χ0n) is 23.0. The summed E-state index contributed by atoms with van der Waals surface area (Å²) in [6.45, 7) is 8.35. The lowest BCUT2D eigenvalue weighted by Crippen LogP contribution is -2.58. The van der Waals surface area contributed by atoms with Crippen molar-refractivity contribution in [2.45, 2.75) is 64.8 Å². The molecule has 9 nitrogen and oxygen atoms in total. The van der Waals surface area contributed by atoms with E-state index >= 15 is 0 Å². The lowest BCUT2D eigenvalue weighted by atomic mass is 9.85. The highest BCUT2D eigenvalue weighted by Crippen LogP contribution is 2.22. The van der Waals surface area contributed by atoms with Gasteiger partial charge in [-0.15, -0.1) is 0 Å². The van der Waals surface area contributed by atoms with Crippen LogP contribution in [-0.4, -0.2) is 67.0 Å². The van der Waals surface area contributed by atoms with Crippen LogP contribution < -0.4 is 21.4 Å². The summed E-state index contributed by atoms with van der Waals surface area (Å²) in [6.07, 6.45) is 1.22. The van der Waals surface area contributed by atoms with Gasteiger partial charge in [0, 0.05) is 31.9 Å². The summed E-state index contributed by atoms with van der Waals surface area (Å²) in [5, 5.41) is 18.4. The Hall–Kier alpha value is -3.14. The van der Waals surface area contributed by atoms with Crippen molar-refractivity contribution in [2.75, 3.05) is 31.6 Å². The normalized spacial score (nSPS) is 16.1. The van der Waals surface area contributed by atoms with Gasteiger partial charge in [-0.3, -0.25) is 10.6 Å². The molecule has 5 N–H and O–H groups in total. The molecule has 208 valence electrons. The average molecular weight is 526 g/mol. The highest BCUT2D eigenvalue weighted by atomic mass is 16.5. The maximum atomic E-state index is 13.3. The van der Waals surface area contributed by atoms with Crippen LogP contribution in [0, 0.1) is 5.41 Å². The third kappa shape index (κ3) is 8.72. The molecule has 2 amide bonds. The van der Waals surface area contributed by atoms with E-state index in [0.717, 1.165) is 24.2 Å². The van der Waals surface area contributed by atoms with Crippen LogP contribution in [-0.2, 0) is 22.5 Å². The van der Waals surface area contributed by atoms with E-state index in [1.54, 1.807) is 5.01 Å². The Morgan fingerprint density at radius 3 is 2.24 bits per heavy atom. The van der Waals surface area contributed by atoms with Crippen LogP contribution in [0.25, 0.3) is 0 Å². The molecule has 9 heteroatoms. The van der Waals surface area contributed by atoms with Crippen LogP contribution in [0.1, 0.15) is 44.7 Å². The molecule has 3 atom stereocenters. The average Bonchev–Trinajstić information content (AvgIpc) is 3.42. The molecule has 1 aliphatic rings. The monoisotopic (exact) mass is 525 g/mol.